The molecule has 1 N–H and O–H groups in total. The van der Waals surface area contributed by atoms with Gasteiger partial charge in [-0.2, -0.15) is 17.0 Å². The van der Waals surface area contributed by atoms with E-state index in [1.165, 1.54) is 11.4 Å². The first-order valence-electron chi connectivity index (χ1n) is 8.09. The van der Waals surface area contributed by atoms with Crippen molar-refractivity contribution in [1.82, 2.24) is 8.61 Å². The van der Waals surface area contributed by atoms with Gasteiger partial charge in [-0.05, 0) is 37.1 Å². The van der Waals surface area contributed by atoms with E-state index < -0.39 is 10.2 Å². The summed E-state index contributed by atoms with van der Waals surface area (Å²) in [5.41, 5.74) is 0.598. The zero-order valence-corrected chi connectivity index (χ0v) is 15.0. The van der Waals surface area contributed by atoms with Gasteiger partial charge < -0.3 is 10.1 Å². The van der Waals surface area contributed by atoms with Crippen LogP contribution in [0, 0.1) is 0 Å². The van der Waals surface area contributed by atoms with Crippen molar-refractivity contribution in [1.29, 1.82) is 0 Å². The van der Waals surface area contributed by atoms with Crippen LogP contribution in [-0.2, 0) is 15.0 Å². The number of ether oxygens (including phenoxy) is 1. The fourth-order valence-corrected chi connectivity index (χ4v) is 4.02. The molecule has 0 radical (unpaired) electrons. The molecule has 24 heavy (non-hydrogen) atoms. The van der Waals surface area contributed by atoms with Gasteiger partial charge >= 0.3 is 0 Å². The van der Waals surface area contributed by atoms with E-state index in [2.05, 4.69) is 5.32 Å². The molecule has 1 aromatic carbocycles. The minimum absolute atomic E-state index is 0.217. The van der Waals surface area contributed by atoms with Crippen LogP contribution in [0.2, 0.25) is 0 Å². The van der Waals surface area contributed by atoms with E-state index in [0.29, 0.717) is 24.5 Å². The highest BCUT2D eigenvalue weighted by Crippen LogP contribution is 2.17. The molecule has 0 saturated carbocycles. The topological polar surface area (TPSA) is 79.0 Å². The first kappa shape index (κ1) is 18.7. The van der Waals surface area contributed by atoms with Crippen LogP contribution in [0.15, 0.2) is 24.3 Å². The molecule has 0 unspecified atom stereocenters. The van der Waals surface area contributed by atoms with Crippen molar-refractivity contribution in [2.24, 2.45) is 0 Å². The van der Waals surface area contributed by atoms with Gasteiger partial charge in [0.1, 0.15) is 5.75 Å². The molecule has 7 nitrogen and oxygen atoms in total. The molecular formula is C16H25N3O4S. The smallest absolute Gasteiger partial charge is 0.282 e. The van der Waals surface area contributed by atoms with Crippen molar-refractivity contribution in [2.75, 3.05) is 39.1 Å². The quantitative estimate of drug-likeness (QED) is 0.842. The Labute approximate surface area is 143 Å². The summed E-state index contributed by atoms with van der Waals surface area (Å²) >= 11 is 0. The van der Waals surface area contributed by atoms with E-state index in [1.54, 1.807) is 31.4 Å². The average molecular weight is 355 g/mol. The summed E-state index contributed by atoms with van der Waals surface area (Å²) in [6.45, 7) is 0.824. The molecule has 1 saturated heterocycles. The number of benzene rings is 1. The van der Waals surface area contributed by atoms with Gasteiger partial charge in [0.25, 0.3) is 10.2 Å². The monoisotopic (exact) mass is 355 g/mol. The molecule has 1 fully saturated rings. The maximum atomic E-state index is 12.6. The summed E-state index contributed by atoms with van der Waals surface area (Å²) in [6, 6.07) is 6.88. The van der Waals surface area contributed by atoms with Crippen molar-refractivity contribution >= 4 is 21.8 Å². The summed E-state index contributed by atoms with van der Waals surface area (Å²) in [5, 5.41) is 2.69. The van der Waals surface area contributed by atoms with E-state index in [9.17, 15) is 13.2 Å². The van der Waals surface area contributed by atoms with Gasteiger partial charge in [0, 0.05) is 25.8 Å². The average Bonchev–Trinajstić information content (AvgIpc) is 2.85. The van der Waals surface area contributed by atoms with Crippen LogP contribution < -0.4 is 10.1 Å². The molecule has 1 amide bonds. The molecule has 1 aliphatic rings. The van der Waals surface area contributed by atoms with Crippen molar-refractivity contribution in [3.63, 3.8) is 0 Å². The lowest BCUT2D eigenvalue weighted by Gasteiger charge is -2.26. The lowest BCUT2D eigenvalue weighted by atomic mass is 10.2. The summed E-state index contributed by atoms with van der Waals surface area (Å²) in [7, 11) is -0.594. The maximum Gasteiger partial charge on any atom is 0.282 e. The molecule has 0 aromatic heterocycles. The number of carbonyl (C=O) groups excluding carboxylic acids is 1. The molecule has 0 spiro atoms. The van der Waals surface area contributed by atoms with E-state index in [0.717, 1.165) is 30.0 Å². The van der Waals surface area contributed by atoms with Gasteiger partial charge in [0.2, 0.25) is 5.91 Å². The number of hydrogen-bond acceptors (Lipinski definition) is 4. The number of rotatable bonds is 6. The van der Waals surface area contributed by atoms with Gasteiger partial charge in [-0.1, -0.05) is 12.8 Å². The molecule has 1 aliphatic heterocycles. The van der Waals surface area contributed by atoms with E-state index >= 15 is 0 Å². The number of anilines is 1. The lowest BCUT2D eigenvalue weighted by molar-refractivity contribution is -0.116. The highest BCUT2D eigenvalue weighted by molar-refractivity contribution is 7.86. The van der Waals surface area contributed by atoms with Crippen LogP contribution in [0.5, 0.6) is 5.75 Å². The Hall–Kier alpha value is -1.64. The molecule has 0 aliphatic carbocycles. The molecule has 1 aromatic rings. The summed E-state index contributed by atoms with van der Waals surface area (Å²) in [6.07, 6.45) is 3.83. The molecular weight excluding hydrogens is 330 g/mol. The third-order valence-corrected chi connectivity index (χ3v) is 5.96. The molecule has 0 bridgehead atoms. The van der Waals surface area contributed by atoms with Crippen LogP contribution in [0.3, 0.4) is 0 Å². The number of nitrogens with one attached hydrogen (secondary N) is 1. The third-order valence-electron chi connectivity index (χ3n) is 4.03. The second-order valence-electron chi connectivity index (χ2n) is 5.85. The first-order valence-corrected chi connectivity index (χ1v) is 9.48. The Morgan fingerprint density at radius 2 is 1.75 bits per heavy atom. The Bertz CT molecular complexity index is 638. The predicted octanol–water partition coefficient (Wildman–Crippen LogP) is 1.69. The van der Waals surface area contributed by atoms with Crippen molar-refractivity contribution in [3.05, 3.63) is 24.3 Å². The van der Waals surface area contributed by atoms with Crippen LogP contribution >= 0.6 is 0 Å². The number of hydrogen-bond donors (Lipinski definition) is 1. The number of amides is 1. The number of nitrogens with zero attached hydrogens (tertiary/aromatic N) is 2. The van der Waals surface area contributed by atoms with Crippen LogP contribution in [0.1, 0.15) is 25.7 Å². The Morgan fingerprint density at radius 1 is 1.17 bits per heavy atom. The lowest BCUT2D eigenvalue weighted by Crippen LogP contribution is -2.45. The zero-order valence-electron chi connectivity index (χ0n) is 14.2. The Kier molecular flexibility index (Phi) is 6.59. The van der Waals surface area contributed by atoms with Crippen LogP contribution in [0.4, 0.5) is 5.69 Å². The summed E-state index contributed by atoms with van der Waals surface area (Å²) in [4.78, 5) is 12.1. The number of likely N-dealkylation sites (N-methyl/N-ethyl adjacent to an activating group) is 1. The van der Waals surface area contributed by atoms with Crippen LogP contribution in [0.25, 0.3) is 0 Å². The first-order chi connectivity index (χ1) is 11.4. The second-order valence-corrected chi connectivity index (χ2v) is 7.89. The largest absolute Gasteiger partial charge is 0.497 e. The fraction of sp³-hybridized carbons (Fsp3) is 0.562. The zero-order chi connectivity index (χ0) is 17.6. The van der Waals surface area contributed by atoms with Crippen LogP contribution in [-0.4, -0.2) is 56.7 Å². The highest BCUT2D eigenvalue weighted by atomic mass is 32.2. The van der Waals surface area contributed by atoms with Crippen molar-refractivity contribution < 1.29 is 17.9 Å². The maximum absolute atomic E-state index is 12.6. The number of methoxy groups -OCH3 is 1. The molecule has 2 rings (SSSR count). The van der Waals surface area contributed by atoms with E-state index in [4.69, 9.17) is 4.74 Å². The fourth-order valence-electron chi connectivity index (χ4n) is 2.63. The highest BCUT2D eigenvalue weighted by Gasteiger charge is 2.28. The van der Waals surface area contributed by atoms with Gasteiger partial charge in [0.15, 0.2) is 0 Å². The van der Waals surface area contributed by atoms with Gasteiger partial charge in [-0.15, -0.1) is 0 Å². The molecule has 0 atom stereocenters. The summed E-state index contributed by atoms with van der Waals surface area (Å²) in [5.74, 6) is 0.315. The van der Waals surface area contributed by atoms with E-state index in [1.807, 2.05) is 0 Å². The van der Waals surface area contributed by atoms with Crippen molar-refractivity contribution in [2.45, 2.75) is 25.7 Å². The summed E-state index contributed by atoms with van der Waals surface area (Å²) < 4.78 is 32.8. The molecule has 134 valence electrons. The Morgan fingerprint density at radius 3 is 2.29 bits per heavy atom. The van der Waals surface area contributed by atoms with E-state index in [-0.39, 0.29) is 12.5 Å². The number of carbonyl (C=O) groups is 1. The van der Waals surface area contributed by atoms with Crippen molar-refractivity contribution in [3.8, 4) is 5.75 Å². The molecule has 1 heterocycles. The SMILES string of the molecule is COc1ccc(NC(=O)CN(C)S(=O)(=O)N2CCCCCC2)cc1. The normalized spacial score (nSPS) is 16.6. The minimum Gasteiger partial charge on any atom is -0.497 e. The second kappa shape index (κ2) is 8.46. The van der Waals surface area contributed by atoms with Gasteiger partial charge in [-0.25, -0.2) is 0 Å². The van der Waals surface area contributed by atoms with Gasteiger partial charge in [0.05, 0.1) is 13.7 Å². The van der Waals surface area contributed by atoms with Gasteiger partial charge in [-0.3, -0.25) is 4.79 Å². The predicted molar refractivity (Wildman–Crippen MR) is 93.2 cm³/mol. The third kappa shape index (κ3) is 4.93. The Balaban J connectivity index is 1.93. The standard InChI is InChI=1S/C16H25N3O4S/c1-18(24(21,22)19-11-5-3-4-6-12-19)13-16(20)17-14-7-9-15(23-2)10-8-14/h7-10H,3-6,11-13H2,1-2H3,(H,17,20). The molecule has 8 heteroatoms. The minimum atomic E-state index is -3.60.